The van der Waals surface area contributed by atoms with E-state index < -0.39 is 0 Å². The van der Waals surface area contributed by atoms with E-state index in [1.165, 1.54) is 28.7 Å². The number of hydrogen-bond donors (Lipinski definition) is 1. The van der Waals surface area contributed by atoms with Gasteiger partial charge in [-0.1, -0.05) is 29.5 Å². The number of thiophene rings is 1. The lowest BCUT2D eigenvalue weighted by atomic mass is 10.1. The molecule has 0 unspecified atom stereocenters. The van der Waals surface area contributed by atoms with Crippen LogP contribution in [0.2, 0.25) is 0 Å². The normalized spacial score (nSPS) is 11.3. The number of thioether (sulfide) groups is 1. The number of aromatic nitrogens is 2. The Balaban J connectivity index is 1.86. The lowest BCUT2D eigenvalue weighted by Crippen LogP contribution is -2.26. The number of benzene rings is 1. The topological polar surface area (TPSA) is 73.2 Å². The highest BCUT2D eigenvalue weighted by Gasteiger charge is 2.18. The summed E-state index contributed by atoms with van der Waals surface area (Å²) in [6.45, 7) is 10.8. The summed E-state index contributed by atoms with van der Waals surface area (Å²) < 4.78 is 6.79. The number of methoxy groups -OCH3 is 1. The average Bonchev–Trinajstić information content (AvgIpc) is 2.96. The van der Waals surface area contributed by atoms with Crippen LogP contribution >= 0.6 is 23.1 Å². The lowest BCUT2D eigenvalue weighted by molar-refractivity contribution is -0.113. The molecule has 2 aromatic heterocycles. The fraction of sp³-hybridized carbons (Fsp3) is 0.409. The Hall–Kier alpha value is -2.16. The van der Waals surface area contributed by atoms with E-state index in [-0.39, 0.29) is 17.2 Å². The maximum atomic E-state index is 13.1. The van der Waals surface area contributed by atoms with Gasteiger partial charge in [0.25, 0.3) is 5.56 Å². The molecule has 1 N–H and O–H groups in total. The number of amides is 1. The maximum Gasteiger partial charge on any atom is 0.263 e. The van der Waals surface area contributed by atoms with Crippen molar-refractivity contribution in [1.82, 2.24) is 9.55 Å². The van der Waals surface area contributed by atoms with Gasteiger partial charge in [0.05, 0.1) is 24.3 Å². The molecular weight excluding hydrogens is 418 g/mol. The van der Waals surface area contributed by atoms with Crippen molar-refractivity contribution >= 4 is 44.9 Å². The molecule has 0 aliphatic rings. The molecule has 8 heteroatoms. The number of carbonyl (C=O) groups is 1. The summed E-state index contributed by atoms with van der Waals surface area (Å²) in [5.41, 5.74) is 4.97. The fourth-order valence-corrected chi connectivity index (χ4v) is 5.38. The number of ether oxygens (including phenoxy) is 1. The predicted molar refractivity (Wildman–Crippen MR) is 125 cm³/mol. The van der Waals surface area contributed by atoms with Crippen molar-refractivity contribution in [2.75, 3.05) is 24.8 Å². The summed E-state index contributed by atoms with van der Waals surface area (Å²) in [7, 11) is 1.60. The summed E-state index contributed by atoms with van der Waals surface area (Å²) in [4.78, 5) is 32.3. The van der Waals surface area contributed by atoms with Crippen LogP contribution in [-0.4, -0.2) is 34.9 Å². The number of carbonyl (C=O) groups excluding carboxylic acids is 1. The Morgan fingerprint density at radius 3 is 2.50 bits per heavy atom. The van der Waals surface area contributed by atoms with Crippen molar-refractivity contribution in [3.63, 3.8) is 0 Å². The third-order valence-electron chi connectivity index (χ3n) is 5.05. The average molecular weight is 446 g/mol. The summed E-state index contributed by atoms with van der Waals surface area (Å²) in [5, 5.41) is 4.21. The Morgan fingerprint density at radius 2 is 1.87 bits per heavy atom. The highest BCUT2D eigenvalue weighted by Crippen LogP contribution is 2.28. The van der Waals surface area contributed by atoms with Crippen LogP contribution in [-0.2, 0) is 16.1 Å². The minimum Gasteiger partial charge on any atom is -0.383 e. The molecule has 0 aliphatic carbocycles. The monoisotopic (exact) mass is 445 g/mol. The molecule has 6 nitrogen and oxygen atoms in total. The molecule has 0 fully saturated rings. The van der Waals surface area contributed by atoms with Crippen LogP contribution in [0, 0.1) is 34.6 Å². The number of rotatable bonds is 7. The number of fused-ring (bicyclic) bond motifs is 1. The third kappa shape index (κ3) is 4.61. The number of hydrogen-bond acceptors (Lipinski definition) is 6. The van der Waals surface area contributed by atoms with Gasteiger partial charge in [0.2, 0.25) is 5.91 Å². The van der Waals surface area contributed by atoms with Gasteiger partial charge in [0.15, 0.2) is 5.16 Å². The number of aryl methyl sites for hydroxylation is 5. The van der Waals surface area contributed by atoms with Crippen molar-refractivity contribution in [2.45, 2.75) is 46.3 Å². The predicted octanol–water partition coefficient (Wildman–Crippen LogP) is 4.38. The fourth-order valence-electron chi connectivity index (χ4n) is 3.48. The molecular formula is C22H27N3O3S2. The Morgan fingerprint density at radius 1 is 1.20 bits per heavy atom. The van der Waals surface area contributed by atoms with Crippen LogP contribution in [0.5, 0.6) is 0 Å². The molecule has 30 heavy (non-hydrogen) atoms. The standard InChI is InChI=1S/C22H27N3O3S2/c1-12-9-13(2)19(14(3)10-12)23-17(26)11-29-22-24-20-18(15(4)16(5)30-20)21(27)25(22)7-8-28-6/h9-10H,7-8,11H2,1-6H3,(H,23,26). The van der Waals surface area contributed by atoms with E-state index in [1.807, 2.05) is 34.6 Å². The zero-order valence-electron chi connectivity index (χ0n) is 18.2. The number of nitrogens with one attached hydrogen (secondary N) is 1. The van der Waals surface area contributed by atoms with Crippen LogP contribution in [0.1, 0.15) is 27.1 Å². The first-order valence-corrected chi connectivity index (χ1v) is 11.5. The van der Waals surface area contributed by atoms with Gasteiger partial charge in [-0.15, -0.1) is 11.3 Å². The molecule has 0 bridgehead atoms. The van der Waals surface area contributed by atoms with Crippen molar-refractivity contribution in [2.24, 2.45) is 0 Å². The molecule has 0 radical (unpaired) electrons. The molecule has 2 heterocycles. The lowest BCUT2D eigenvalue weighted by Gasteiger charge is -2.14. The van der Waals surface area contributed by atoms with Crippen LogP contribution in [0.4, 0.5) is 5.69 Å². The zero-order valence-corrected chi connectivity index (χ0v) is 19.8. The molecule has 3 rings (SSSR count). The van der Waals surface area contributed by atoms with Crippen LogP contribution in [0.15, 0.2) is 22.1 Å². The van der Waals surface area contributed by atoms with Gasteiger partial charge in [-0.3, -0.25) is 14.2 Å². The molecule has 1 aromatic carbocycles. The Bertz CT molecular complexity index is 1140. The SMILES string of the molecule is COCCn1c(SCC(=O)Nc2c(C)cc(C)cc2C)nc2sc(C)c(C)c2c1=O. The number of nitrogens with zero attached hydrogens (tertiary/aromatic N) is 2. The third-order valence-corrected chi connectivity index (χ3v) is 7.12. The van der Waals surface area contributed by atoms with Gasteiger partial charge in [-0.05, 0) is 51.3 Å². The van der Waals surface area contributed by atoms with Crippen LogP contribution in [0.3, 0.4) is 0 Å². The van der Waals surface area contributed by atoms with E-state index in [9.17, 15) is 9.59 Å². The second kappa shape index (κ2) is 9.32. The molecule has 3 aromatic rings. The van der Waals surface area contributed by atoms with E-state index >= 15 is 0 Å². The Kier molecular flexibility index (Phi) is 7.00. The highest BCUT2D eigenvalue weighted by molar-refractivity contribution is 7.99. The van der Waals surface area contributed by atoms with Gasteiger partial charge in [-0.25, -0.2) is 4.98 Å². The van der Waals surface area contributed by atoms with Crippen LogP contribution in [0.25, 0.3) is 10.2 Å². The summed E-state index contributed by atoms with van der Waals surface area (Å²) in [6, 6.07) is 4.10. The minimum atomic E-state index is -0.124. The summed E-state index contributed by atoms with van der Waals surface area (Å²) >= 11 is 2.79. The van der Waals surface area contributed by atoms with Gasteiger partial charge < -0.3 is 10.1 Å². The van der Waals surface area contributed by atoms with Crippen molar-refractivity contribution in [3.05, 3.63) is 49.6 Å². The van der Waals surface area contributed by atoms with Crippen LogP contribution < -0.4 is 10.9 Å². The molecule has 0 atom stereocenters. The van der Waals surface area contributed by atoms with Gasteiger partial charge >= 0.3 is 0 Å². The van der Waals surface area contributed by atoms with E-state index in [0.29, 0.717) is 23.7 Å². The van der Waals surface area contributed by atoms with Gasteiger partial charge in [0, 0.05) is 17.7 Å². The number of anilines is 1. The maximum absolute atomic E-state index is 13.1. The highest BCUT2D eigenvalue weighted by atomic mass is 32.2. The van der Waals surface area contributed by atoms with Crippen molar-refractivity contribution in [1.29, 1.82) is 0 Å². The second-order valence-corrected chi connectivity index (χ2v) is 9.56. The quantitative estimate of drug-likeness (QED) is 0.432. The first-order chi connectivity index (χ1) is 14.2. The molecule has 160 valence electrons. The molecule has 0 saturated heterocycles. The summed E-state index contributed by atoms with van der Waals surface area (Å²) in [5.74, 6) is 0.0438. The molecule has 1 amide bonds. The largest absolute Gasteiger partial charge is 0.383 e. The van der Waals surface area contributed by atoms with Gasteiger partial charge in [0.1, 0.15) is 4.83 Å². The summed E-state index contributed by atoms with van der Waals surface area (Å²) in [6.07, 6.45) is 0. The van der Waals surface area contributed by atoms with Crippen molar-refractivity contribution < 1.29 is 9.53 Å². The van der Waals surface area contributed by atoms with Crippen molar-refractivity contribution in [3.8, 4) is 0 Å². The smallest absolute Gasteiger partial charge is 0.263 e. The minimum absolute atomic E-state index is 0.0768. The molecule has 0 saturated carbocycles. The first kappa shape index (κ1) is 22.5. The Labute approximate surface area is 184 Å². The van der Waals surface area contributed by atoms with E-state index in [0.717, 1.165) is 32.1 Å². The molecule has 0 spiro atoms. The second-order valence-electron chi connectivity index (χ2n) is 7.42. The zero-order chi connectivity index (χ0) is 22.0. The van der Waals surface area contributed by atoms with Gasteiger partial charge in [-0.2, -0.15) is 0 Å². The van der Waals surface area contributed by atoms with E-state index in [1.54, 1.807) is 11.7 Å². The first-order valence-electron chi connectivity index (χ1n) is 9.73. The molecule has 0 aliphatic heterocycles. The van der Waals surface area contributed by atoms with E-state index in [2.05, 4.69) is 17.4 Å². The van der Waals surface area contributed by atoms with E-state index in [4.69, 9.17) is 9.72 Å².